The van der Waals surface area contributed by atoms with E-state index < -0.39 is 60.5 Å². The highest BCUT2D eigenvalue weighted by molar-refractivity contribution is 5.84. The molecule has 1 aliphatic rings. The molecule has 5 N–H and O–H groups in total. The van der Waals surface area contributed by atoms with E-state index in [9.17, 15) is 34.8 Å². The van der Waals surface area contributed by atoms with E-state index in [-0.39, 0.29) is 54.3 Å². The van der Waals surface area contributed by atoms with Crippen LogP contribution in [0.25, 0.3) is 0 Å². The number of esters is 2. The summed E-state index contributed by atoms with van der Waals surface area (Å²) in [6, 6.07) is -0.905. The average molecular weight is 602 g/mol. The summed E-state index contributed by atoms with van der Waals surface area (Å²) in [6.45, 7) is 18.2. The second-order valence-corrected chi connectivity index (χ2v) is 13.6. The first kappa shape index (κ1) is 38.3. The molecule has 1 unspecified atom stereocenters. The molecule has 0 aromatic heterocycles. The number of nitrogens with one attached hydrogen (secondary N) is 1. The molecule has 10 nitrogen and oxygen atoms in total. The van der Waals surface area contributed by atoms with E-state index in [1.165, 1.54) is 6.92 Å². The first-order chi connectivity index (χ1) is 19.3. The van der Waals surface area contributed by atoms with Gasteiger partial charge in [-0.05, 0) is 75.0 Å². The lowest BCUT2D eigenvalue weighted by atomic mass is 9.77. The molecule has 42 heavy (non-hydrogen) atoms. The fraction of sp³-hybridized carbons (Fsp3) is 0.906. The van der Waals surface area contributed by atoms with Crippen molar-refractivity contribution in [1.29, 1.82) is 0 Å². The second-order valence-electron chi connectivity index (χ2n) is 13.6. The number of rotatable bonds is 11. The Balaban J connectivity index is 3.16. The molecular formula is C32H59NO9. The Labute approximate surface area is 252 Å². The normalized spacial score (nSPS) is 32.2. The molecule has 0 radical (unpaired) electrons. The quantitative estimate of drug-likeness (QED) is 0.224. The first-order valence-electron chi connectivity index (χ1n) is 15.7. The summed E-state index contributed by atoms with van der Waals surface area (Å²) in [5.74, 6) is -2.56. The Morgan fingerprint density at radius 1 is 0.929 bits per heavy atom. The van der Waals surface area contributed by atoms with Crippen LogP contribution in [0.5, 0.6) is 0 Å². The van der Waals surface area contributed by atoms with Crippen LogP contribution >= 0.6 is 0 Å². The van der Waals surface area contributed by atoms with Crippen LogP contribution < -0.4 is 5.32 Å². The number of amides is 1. The van der Waals surface area contributed by atoms with Crippen LogP contribution in [0, 0.1) is 41.4 Å². The SMILES string of the molecule is CC(=O)O[C@@H]([C@H](C)C[C@H](C)[C@H](O)[C@H](C)[C@@H](C)O)[C@@H](C)C[C@H](C)C1OC(=O)[C@@H](C)NC(=O)C[C@@H](O)C[C@H](O)[C@H](C)C[C@H]1C. The molecule has 10 heteroatoms. The maximum Gasteiger partial charge on any atom is 0.328 e. The van der Waals surface area contributed by atoms with E-state index in [0.717, 1.165) is 0 Å². The molecule has 0 saturated carbocycles. The van der Waals surface area contributed by atoms with Crippen LogP contribution in [0.3, 0.4) is 0 Å². The second kappa shape index (κ2) is 17.5. The Morgan fingerprint density at radius 3 is 2.05 bits per heavy atom. The molecule has 1 fully saturated rings. The number of hydrogen-bond acceptors (Lipinski definition) is 9. The topological polar surface area (TPSA) is 163 Å². The molecule has 0 aromatic rings. The number of carbonyl (C=O) groups is 3. The van der Waals surface area contributed by atoms with Crippen molar-refractivity contribution in [3.05, 3.63) is 0 Å². The maximum absolute atomic E-state index is 13.1. The van der Waals surface area contributed by atoms with E-state index in [2.05, 4.69) is 5.32 Å². The number of aliphatic hydroxyl groups is 4. The lowest BCUT2D eigenvalue weighted by Crippen LogP contribution is -2.44. The van der Waals surface area contributed by atoms with Crippen LogP contribution in [0.1, 0.15) is 101 Å². The molecule has 0 aromatic carbocycles. The summed E-state index contributed by atoms with van der Waals surface area (Å²) in [6.07, 6.45) is -2.61. The van der Waals surface area contributed by atoms with Crippen LogP contribution in [0.2, 0.25) is 0 Å². The molecule has 0 spiro atoms. The van der Waals surface area contributed by atoms with Gasteiger partial charge in [0.15, 0.2) is 0 Å². The minimum Gasteiger partial charge on any atom is -0.462 e. The minimum absolute atomic E-state index is 0.0623. The lowest BCUT2D eigenvalue weighted by molar-refractivity contribution is -0.160. The Bertz CT molecular complexity index is 852. The van der Waals surface area contributed by atoms with E-state index in [4.69, 9.17) is 9.47 Å². The van der Waals surface area contributed by atoms with Gasteiger partial charge in [0.2, 0.25) is 5.91 Å². The zero-order valence-electron chi connectivity index (χ0n) is 27.4. The largest absolute Gasteiger partial charge is 0.462 e. The van der Waals surface area contributed by atoms with E-state index in [1.807, 2.05) is 48.5 Å². The smallest absolute Gasteiger partial charge is 0.328 e. The zero-order chi connectivity index (χ0) is 32.5. The van der Waals surface area contributed by atoms with Gasteiger partial charge >= 0.3 is 11.9 Å². The van der Waals surface area contributed by atoms with Gasteiger partial charge < -0.3 is 35.2 Å². The van der Waals surface area contributed by atoms with Gasteiger partial charge in [0, 0.05) is 12.8 Å². The number of carbonyl (C=O) groups excluding carboxylic acids is 3. The molecule has 246 valence electrons. The average Bonchev–Trinajstić information content (AvgIpc) is 2.87. The van der Waals surface area contributed by atoms with Crippen LogP contribution in [0.15, 0.2) is 0 Å². The van der Waals surface area contributed by atoms with Gasteiger partial charge in [0.25, 0.3) is 0 Å². The van der Waals surface area contributed by atoms with Gasteiger partial charge in [-0.15, -0.1) is 0 Å². The highest BCUT2D eigenvalue weighted by Crippen LogP contribution is 2.34. The number of hydrogen-bond donors (Lipinski definition) is 5. The van der Waals surface area contributed by atoms with Crippen molar-refractivity contribution >= 4 is 17.8 Å². The molecule has 0 bridgehead atoms. The number of ether oxygens (including phenoxy) is 2. The number of aliphatic hydroxyl groups excluding tert-OH is 4. The Hall–Kier alpha value is -1.75. The highest BCUT2D eigenvalue weighted by atomic mass is 16.5. The zero-order valence-corrected chi connectivity index (χ0v) is 27.4. The van der Waals surface area contributed by atoms with Crippen molar-refractivity contribution in [2.75, 3.05) is 0 Å². The van der Waals surface area contributed by atoms with Crippen molar-refractivity contribution < 1.29 is 44.3 Å². The predicted octanol–water partition coefficient (Wildman–Crippen LogP) is 3.21. The fourth-order valence-electron chi connectivity index (χ4n) is 6.58. The van der Waals surface area contributed by atoms with Gasteiger partial charge in [0.05, 0.1) is 30.8 Å². The third kappa shape index (κ3) is 12.1. The van der Waals surface area contributed by atoms with Crippen molar-refractivity contribution in [3.63, 3.8) is 0 Å². The van der Waals surface area contributed by atoms with Crippen LogP contribution in [-0.4, -0.2) is 80.9 Å². The summed E-state index contributed by atoms with van der Waals surface area (Å²) >= 11 is 0. The summed E-state index contributed by atoms with van der Waals surface area (Å²) in [4.78, 5) is 37.5. The summed E-state index contributed by atoms with van der Waals surface area (Å²) in [5, 5.41) is 44.2. The molecule has 1 aliphatic heterocycles. The van der Waals surface area contributed by atoms with Crippen molar-refractivity contribution in [3.8, 4) is 0 Å². The predicted molar refractivity (Wildman–Crippen MR) is 160 cm³/mol. The van der Waals surface area contributed by atoms with E-state index in [1.54, 1.807) is 13.8 Å². The number of cyclic esters (lactones) is 1. The molecular weight excluding hydrogens is 542 g/mol. The molecule has 1 amide bonds. The molecule has 1 rings (SSSR count). The third-order valence-corrected chi connectivity index (χ3v) is 9.23. The van der Waals surface area contributed by atoms with Crippen LogP contribution in [-0.2, 0) is 23.9 Å². The molecule has 0 aliphatic carbocycles. The summed E-state index contributed by atoms with van der Waals surface area (Å²) < 4.78 is 11.8. The van der Waals surface area contributed by atoms with Gasteiger partial charge in [-0.1, -0.05) is 48.5 Å². The molecule has 1 saturated heterocycles. The van der Waals surface area contributed by atoms with Gasteiger partial charge in [0.1, 0.15) is 18.2 Å². The van der Waals surface area contributed by atoms with Crippen molar-refractivity contribution in [2.24, 2.45) is 41.4 Å². The molecule has 14 atom stereocenters. The van der Waals surface area contributed by atoms with E-state index >= 15 is 0 Å². The van der Waals surface area contributed by atoms with Gasteiger partial charge in [-0.3, -0.25) is 9.59 Å². The van der Waals surface area contributed by atoms with Crippen molar-refractivity contribution in [2.45, 2.75) is 144 Å². The maximum atomic E-state index is 13.1. The molecule has 1 heterocycles. The lowest BCUT2D eigenvalue weighted by Gasteiger charge is -2.37. The summed E-state index contributed by atoms with van der Waals surface area (Å²) in [5.41, 5.74) is 0. The fourth-order valence-corrected chi connectivity index (χ4v) is 6.58. The van der Waals surface area contributed by atoms with Crippen LogP contribution in [0.4, 0.5) is 0 Å². The van der Waals surface area contributed by atoms with Gasteiger partial charge in [-0.25, -0.2) is 4.79 Å². The monoisotopic (exact) mass is 601 g/mol. The third-order valence-electron chi connectivity index (χ3n) is 9.23. The van der Waals surface area contributed by atoms with Gasteiger partial charge in [-0.2, -0.15) is 0 Å². The standard InChI is InChI=1S/C32H59NO9/c1-16-11-18(3)31(42-32(40)23(8)33-28(38)15-26(36)14-27(16)37)21(6)13-20(5)30(41-25(10)35)19(4)12-17(2)29(39)22(7)24(9)34/h16-24,26-27,29-31,34,36-37,39H,11-15H2,1-10H3,(H,33,38)/t16-,17+,18-,19-,20+,21+,22-,23-,24-,26+,27+,29+,30+,31?/m1/s1. The Kier molecular flexibility index (Phi) is 16.0. The minimum atomic E-state index is -1.02. The van der Waals surface area contributed by atoms with Crippen molar-refractivity contribution in [1.82, 2.24) is 5.32 Å². The Morgan fingerprint density at radius 2 is 1.50 bits per heavy atom. The van der Waals surface area contributed by atoms with E-state index in [0.29, 0.717) is 19.3 Å². The summed E-state index contributed by atoms with van der Waals surface area (Å²) in [7, 11) is 0. The first-order valence-corrected chi connectivity index (χ1v) is 15.7. The highest BCUT2D eigenvalue weighted by Gasteiger charge is 2.37.